The molecule has 20 heavy (non-hydrogen) atoms. The van der Waals surface area contributed by atoms with Crippen LogP contribution in [0.25, 0.3) is 0 Å². The number of hydrogen-bond acceptors (Lipinski definition) is 3. The van der Waals surface area contributed by atoms with Gasteiger partial charge in [0.25, 0.3) is 0 Å². The van der Waals surface area contributed by atoms with Gasteiger partial charge in [-0.15, -0.1) is 0 Å². The molecule has 0 aliphatic carbocycles. The smallest absolute Gasteiger partial charge is 0.414 e. The summed E-state index contributed by atoms with van der Waals surface area (Å²) in [5, 5.41) is 0. The highest BCUT2D eigenvalue weighted by atomic mass is 16.6. The normalized spacial score (nSPS) is 13.7. The van der Waals surface area contributed by atoms with Crippen molar-refractivity contribution in [2.24, 2.45) is 0 Å². The van der Waals surface area contributed by atoms with Crippen LogP contribution < -0.4 is 0 Å². The van der Waals surface area contributed by atoms with Crippen molar-refractivity contribution in [3.63, 3.8) is 0 Å². The van der Waals surface area contributed by atoms with Gasteiger partial charge in [-0.25, -0.2) is 4.79 Å². The van der Waals surface area contributed by atoms with Crippen LogP contribution in [0.4, 0.5) is 4.79 Å². The third kappa shape index (κ3) is 4.42. The van der Waals surface area contributed by atoms with Crippen molar-refractivity contribution in [2.45, 2.75) is 20.5 Å². The first-order valence-electron chi connectivity index (χ1n) is 6.58. The van der Waals surface area contributed by atoms with Crippen LogP contribution in [-0.4, -0.2) is 35.4 Å². The lowest BCUT2D eigenvalue weighted by Crippen LogP contribution is -2.40. The van der Waals surface area contributed by atoms with Crippen molar-refractivity contribution in [1.29, 1.82) is 0 Å². The Morgan fingerprint density at radius 2 is 1.85 bits per heavy atom. The van der Waals surface area contributed by atoms with Crippen LogP contribution in [0, 0.1) is 0 Å². The molecule has 0 N–H and O–H groups in total. The first-order valence-corrected chi connectivity index (χ1v) is 6.58. The van der Waals surface area contributed by atoms with Gasteiger partial charge in [-0.05, 0) is 5.56 Å². The fourth-order valence-electron chi connectivity index (χ4n) is 1.50. The summed E-state index contributed by atoms with van der Waals surface area (Å²) in [7, 11) is 1.64. The fraction of sp³-hybridized carbons (Fsp3) is 0.333. The Morgan fingerprint density at radius 1 is 1.20 bits per heavy atom. The maximum atomic E-state index is 11.7. The summed E-state index contributed by atoms with van der Waals surface area (Å²) < 4.78 is 5.12. The number of benzene rings is 1. The van der Waals surface area contributed by atoms with Crippen molar-refractivity contribution < 1.29 is 14.3 Å². The lowest BCUT2D eigenvalue weighted by Gasteiger charge is -2.25. The van der Waals surface area contributed by atoms with E-state index < -0.39 is 6.09 Å². The lowest BCUT2D eigenvalue weighted by atomic mass is 10.2. The van der Waals surface area contributed by atoms with Crippen molar-refractivity contribution in [1.82, 2.24) is 9.80 Å². The third-order valence-electron chi connectivity index (χ3n) is 2.61. The molecule has 0 radical (unpaired) electrons. The van der Waals surface area contributed by atoms with Gasteiger partial charge in [0.1, 0.15) is 13.2 Å². The van der Waals surface area contributed by atoms with E-state index in [2.05, 4.69) is 0 Å². The van der Waals surface area contributed by atoms with Gasteiger partial charge in [0.2, 0.25) is 5.91 Å². The Bertz CT molecular complexity index is 471. The quantitative estimate of drug-likeness (QED) is 0.834. The number of nitrogens with zero attached hydrogens (tertiary/aromatic N) is 2. The average molecular weight is 276 g/mol. The van der Waals surface area contributed by atoms with E-state index in [1.54, 1.807) is 7.05 Å². The molecule has 0 saturated carbocycles. The molecule has 0 fully saturated rings. The standard InChI is InChI=1S/C13H14N2O3.C2H6/c1-14-7-8-15(9-12(14)16)13(17)18-10-11-5-3-2-4-6-11;1-2/h2-8H,9-10H2,1H3;1-2H3. The summed E-state index contributed by atoms with van der Waals surface area (Å²) in [5.74, 6) is -0.144. The summed E-state index contributed by atoms with van der Waals surface area (Å²) >= 11 is 0. The van der Waals surface area contributed by atoms with Crippen LogP contribution in [0.3, 0.4) is 0 Å². The topological polar surface area (TPSA) is 49.9 Å². The van der Waals surface area contributed by atoms with E-state index in [0.29, 0.717) is 0 Å². The number of amides is 2. The number of hydrogen-bond donors (Lipinski definition) is 0. The van der Waals surface area contributed by atoms with Crippen LogP contribution >= 0.6 is 0 Å². The van der Waals surface area contributed by atoms with E-state index in [-0.39, 0.29) is 19.1 Å². The summed E-state index contributed by atoms with van der Waals surface area (Å²) in [6.07, 6.45) is 2.56. The predicted molar refractivity (Wildman–Crippen MR) is 76.6 cm³/mol. The summed E-state index contributed by atoms with van der Waals surface area (Å²) in [4.78, 5) is 25.8. The van der Waals surface area contributed by atoms with Crippen LogP contribution in [0.5, 0.6) is 0 Å². The maximum Gasteiger partial charge on any atom is 0.414 e. The van der Waals surface area contributed by atoms with Crippen molar-refractivity contribution in [3.8, 4) is 0 Å². The molecule has 1 aliphatic rings. The molecule has 1 aromatic rings. The van der Waals surface area contributed by atoms with E-state index in [9.17, 15) is 9.59 Å². The fourth-order valence-corrected chi connectivity index (χ4v) is 1.50. The van der Waals surface area contributed by atoms with E-state index in [0.717, 1.165) is 5.56 Å². The second kappa shape index (κ2) is 7.99. The third-order valence-corrected chi connectivity index (χ3v) is 2.61. The Kier molecular flexibility index (Phi) is 6.29. The van der Waals surface area contributed by atoms with Gasteiger partial charge in [0.05, 0.1) is 0 Å². The molecular formula is C15H20N2O3. The molecule has 1 aromatic carbocycles. The zero-order valence-electron chi connectivity index (χ0n) is 12.1. The molecule has 0 bridgehead atoms. The minimum absolute atomic E-state index is 0.0145. The Labute approximate surface area is 119 Å². The molecule has 5 heteroatoms. The number of likely N-dealkylation sites (N-methyl/N-ethyl adjacent to an activating group) is 1. The number of ether oxygens (including phenoxy) is 1. The maximum absolute atomic E-state index is 11.7. The Balaban J connectivity index is 0.000000956. The molecule has 108 valence electrons. The molecule has 0 aromatic heterocycles. The van der Waals surface area contributed by atoms with Crippen molar-refractivity contribution in [3.05, 3.63) is 48.3 Å². The largest absolute Gasteiger partial charge is 0.444 e. The van der Waals surface area contributed by atoms with Gasteiger partial charge in [0, 0.05) is 19.4 Å². The minimum atomic E-state index is -0.517. The van der Waals surface area contributed by atoms with Crippen LogP contribution in [0.15, 0.2) is 42.7 Å². The molecule has 5 nitrogen and oxygen atoms in total. The molecule has 0 unspecified atom stereocenters. The SMILES string of the molecule is CC.CN1C=CN(C(=O)OCc2ccccc2)CC1=O. The van der Waals surface area contributed by atoms with Gasteiger partial charge in [-0.1, -0.05) is 44.2 Å². The Morgan fingerprint density at radius 3 is 2.45 bits per heavy atom. The second-order valence-electron chi connectivity index (χ2n) is 3.97. The van der Waals surface area contributed by atoms with E-state index in [1.165, 1.54) is 22.2 Å². The molecule has 1 heterocycles. The Hall–Kier alpha value is -2.30. The monoisotopic (exact) mass is 276 g/mol. The summed E-state index contributed by atoms with van der Waals surface area (Å²) in [6.45, 7) is 4.22. The van der Waals surface area contributed by atoms with E-state index >= 15 is 0 Å². The molecule has 0 saturated heterocycles. The second-order valence-corrected chi connectivity index (χ2v) is 3.97. The van der Waals surface area contributed by atoms with E-state index in [1.807, 2.05) is 44.2 Å². The van der Waals surface area contributed by atoms with Gasteiger partial charge >= 0.3 is 6.09 Å². The lowest BCUT2D eigenvalue weighted by molar-refractivity contribution is -0.128. The highest BCUT2D eigenvalue weighted by Crippen LogP contribution is 2.07. The first-order chi connectivity index (χ1) is 9.66. The number of carbonyl (C=O) groups excluding carboxylic acids is 2. The molecule has 0 atom stereocenters. The van der Waals surface area contributed by atoms with Crippen molar-refractivity contribution >= 4 is 12.0 Å². The van der Waals surface area contributed by atoms with Gasteiger partial charge in [0.15, 0.2) is 0 Å². The predicted octanol–water partition coefficient (Wildman–Crippen LogP) is 2.59. The van der Waals surface area contributed by atoms with Gasteiger partial charge < -0.3 is 9.64 Å². The van der Waals surface area contributed by atoms with Gasteiger partial charge in [-0.2, -0.15) is 0 Å². The number of carbonyl (C=O) groups is 2. The average Bonchev–Trinajstić information content (AvgIpc) is 2.50. The van der Waals surface area contributed by atoms with E-state index in [4.69, 9.17) is 4.74 Å². The molecule has 0 spiro atoms. The summed E-state index contributed by atoms with van der Waals surface area (Å²) in [5.41, 5.74) is 0.912. The van der Waals surface area contributed by atoms with Crippen LogP contribution in [0.1, 0.15) is 19.4 Å². The molecule has 2 amide bonds. The minimum Gasteiger partial charge on any atom is -0.444 e. The number of rotatable bonds is 2. The molecule has 1 aliphatic heterocycles. The highest BCUT2D eigenvalue weighted by molar-refractivity contribution is 5.84. The van der Waals surface area contributed by atoms with Crippen molar-refractivity contribution in [2.75, 3.05) is 13.6 Å². The van der Waals surface area contributed by atoms with Crippen LogP contribution in [-0.2, 0) is 16.1 Å². The van der Waals surface area contributed by atoms with Gasteiger partial charge in [-0.3, -0.25) is 9.69 Å². The molecule has 2 rings (SSSR count). The highest BCUT2D eigenvalue weighted by Gasteiger charge is 2.21. The zero-order chi connectivity index (χ0) is 15.0. The summed E-state index contributed by atoms with van der Waals surface area (Å²) in [6, 6.07) is 9.40. The van der Waals surface area contributed by atoms with Crippen LogP contribution in [0.2, 0.25) is 0 Å². The molecular weight excluding hydrogens is 256 g/mol. The zero-order valence-corrected chi connectivity index (χ0v) is 12.1. The first kappa shape index (κ1) is 15.8.